The summed E-state index contributed by atoms with van der Waals surface area (Å²) in [5, 5.41) is 18.0. The van der Waals surface area contributed by atoms with E-state index in [0.29, 0.717) is 32.3 Å². The molecule has 0 aliphatic carbocycles. The number of nitrogens with one attached hydrogen (secondary N) is 1. The van der Waals surface area contributed by atoms with Crippen LogP contribution in [0.1, 0.15) is 28.3 Å². The zero-order chi connectivity index (χ0) is 21.4. The number of fused-ring (bicyclic) bond motifs is 1. The molecule has 2 aromatic carbocycles. The van der Waals surface area contributed by atoms with Gasteiger partial charge in [0.2, 0.25) is 11.8 Å². The Labute approximate surface area is 187 Å². The van der Waals surface area contributed by atoms with Gasteiger partial charge < -0.3 is 15.2 Å². The summed E-state index contributed by atoms with van der Waals surface area (Å²) in [6.07, 6.45) is 0. The largest absolute Gasteiger partial charge is 0.487 e. The molecule has 0 bridgehead atoms. The molecular weight excluding hydrogens is 447 g/mol. The van der Waals surface area contributed by atoms with Crippen molar-refractivity contribution in [3.8, 4) is 17.7 Å². The van der Waals surface area contributed by atoms with Crippen LogP contribution in [0.3, 0.4) is 0 Å². The van der Waals surface area contributed by atoms with Crippen molar-refractivity contribution >= 4 is 34.8 Å². The first kappa shape index (κ1) is 20.4. The molecule has 2 heterocycles. The number of ether oxygens (including phenoxy) is 2. The van der Waals surface area contributed by atoms with Gasteiger partial charge in [-0.25, -0.2) is 0 Å². The van der Waals surface area contributed by atoms with Gasteiger partial charge in [-0.15, -0.1) is 5.10 Å². The second-order valence-electron chi connectivity index (χ2n) is 6.72. The van der Waals surface area contributed by atoms with Gasteiger partial charge in [0.05, 0.1) is 21.0 Å². The summed E-state index contributed by atoms with van der Waals surface area (Å²) in [4.78, 5) is 0. The zero-order valence-electron chi connectivity index (χ0n) is 15.7. The Bertz CT molecular complexity index is 1210. The number of nitrogens with zero attached hydrogens (tertiary/aromatic N) is 2. The molecule has 1 aliphatic rings. The van der Waals surface area contributed by atoms with Crippen LogP contribution in [0, 0.1) is 18.3 Å². The standard InChI is InChI=1S/C21H15Cl3N4O2/c1-10-18-19(13(8-25)20(26)30-21(18)28-27-10)12-3-5-17(16(24)7-12)29-9-11-2-4-14(22)15(23)6-11/h2-7,19H,9,26H2,1H3,(H,27,28)/t19-/m1/s1. The van der Waals surface area contributed by atoms with E-state index in [9.17, 15) is 5.26 Å². The Kier molecular flexibility index (Phi) is 5.52. The maximum Gasteiger partial charge on any atom is 0.244 e. The lowest BCUT2D eigenvalue weighted by Crippen LogP contribution is -2.21. The average Bonchev–Trinajstić information content (AvgIpc) is 3.08. The molecule has 152 valence electrons. The topological polar surface area (TPSA) is 97.0 Å². The number of aromatic nitrogens is 2. The highest BCUT2D eigenvalue weighted by atomic mass is 35.5. The predicted molar refractivity (Wildman–Crippen MR) is 115 cm³/mol. The molecule has 3 aromatic rings. The van der Waals surface area contributed by atoms with E-state index in [2.05, 4.69) is 16.3 Å². The van der Waals surface area contributed by atoms with Crippen molar-refractivity contribution in [3.63, 3.8) is 0 Å². The molecule has 0 saturated heterocycles. The molecule has 9 heteroatoms. The number of allylic oxidation sites excluding steroid dienone is 1. The third-order valence-corrected chi connectivity index (χ3v) is 5.83. The monoisotopic (exact) mass is 460 g/mol. The molecular formula is C21H15Cl3N4O2. The van der Waals surface area contributed by atoms with Crippen molar-refractivity contribution in [1.82, 2.24) is 10.2 Å². The van der Waals surface area contributed by atoms with Gasteiger partial charge >= 0.3 is 0 Å². The Hall–Kier alpha value is -2.85. The van der Waals surface area contributed by atoms with E-state index >= 15 is 0 Å². The van der Waals surface area contributed by atoms with E-state index in [1.165, 1.54) is 0 Å². The van der Waals surface area contributed by atoms with E-state index in [4.69, 9.17) is 50.0 Å². The summed E-state index contributed by atoms with van der Waals surface area (Å²) in [7, 11) is 0. The fraction of sp³-hybridized carbons (Fsp3) is 0.143. The number of benzene rings is 2. The Morgan fingerprint density at radius 1 is 1.17 bits per heavy atom. The first-order chi connectivity index (χ1) is 14.4. The SMILES string of the molecule is Cc1[nH]nc2c1[C@H](c1ccc(OCc3ccc(Cl)c(Cl)c3)c(Cl)c1)C(C#N)=C(N)O2. The molecule has 30 heavy (non-hydrogen) atoms. The lowest BCUT2D eigenvalue weighted by atomic mass is 9.84. The Morgan fingerprint density at radius 2 is 1.97 bits per heavy atom. The minimum Gasteiger partial charge on any atom is -0.487 e. The van der Waals surface area contributed by atoms with Gasteiger partial charge in [-0.05, 0) is 42.3 Å². The molecule has 4 rings (SSSR count). The van der Waals surface area contributed by atoms with Crippen LogP contribution < -0.4 is 15.2 Å². The number of H-pyrrole nitrogens is 1. The molecule has 0 saturated carbocycles. The van der Waals surface area contributed by atoms with Crippen LogP contribution >= 0.6 is 34.8 Å². The summed E-state index contributed by atoms with van der Waals surface area (Å²) in [5.41, 5.74) is 9.41. The molecule has 1 aliphatic heterocycles. The van der Waals surface area contributed by atoms with Crippen LogP contribution in [0.15, 0.2) is 47.9 Å². The quantitative estimate of drug-likeness (QED) is 0.536. The third kappa shape index (κ3) is 3.68. The molecule has 1 aromatic heterocycles. The van der Waals surface area contributed by atoms with Crippen molar-refractivity contribution in [2.24, 2.45) is 5.73 Å². The van der Waals surface area contributed by atoms with Crippen molar-refractivity contribution < 1.29 is 9.47 Å². The van der Waals surface area contributed by atoms with Gasteiger partial charge in [0.1, 0.15) is 24.0 Å². The van der Waals surface area contributed by atoms with Gasteiger partial charge in [-0.3, -0.25) is 5.10 Å². The molecule has 0 radical (unpaired) electrons. The fourth-order valence-corrected chi connectivity index (χ4v) is 3.90. The molecule has 0 fully saturated rings. The van der Waals surface area contributed by atoms with Gasteiger partial charge in [-0.1, -0.05) is 46.9 Å². The highest BCUT2D eigenvalue weighted by Gasteiger charge is 2.34. The fourth-order valence-electron chi connectivity index (χ4n) is 3.34. The molecule has 0 amide bonds. The minimum atomic E-state index is -0.445. The van der Waals surface area contributed by atoms with Crippen molar-refractivity contribution in [1.29, 1.82) is 5.26 Å². The number of aromatic amines is 1. The zero-order valence-corrected chi connectivity index (χ0v) is 17.9. The minimum absolute atomic E-state index is 0.0255. The maximum absolute atomic E-state index is 9.65. The lowest BCUT2D eigenvalue weighted by Gasteiger charge is -2.24. The summed E-state index contributed by atoms with van der Waals surface area (Å²) >= 11 is 18.5. The first-order valence-corrected chi connectivity index (χ1v) is 10.0. The average molecular weight is 462 g/mol. The van der Waals surface area contributed by atoms with E-state index < -0.39 is 5.92 Å². The number of nitriles is 1. The molecule has 0 unspecified atom stereocenters. The predicted octanol–water partition coefficient (Wildman–Crippen LogP) is 5.48. The third-order valence-electron chi connectivity index (χ3n) is 4.80. The van der Waals surface area contributed by atoms with E-state index in [-0.39, 0.29) is 12.5 Å². The van der Waals surface area contributed by atoms with Crippen LogP contribution in [0.4, 0.5) is 0 Å². The number of halogens is 3. The van der Waals surface area contributed by atoms with E-state index in [1.807, 2.05) is 19.1 Å². The number of nitrogens with two attached hydrogens (primary N) is 1. The summed E-state index contributed by atoms with van der Waals surface area (Å²) in [6.45, 7) is 2.13. The van der Waals surface area contributed by atoms with Crippen molar-refractivity contribution in [2.75, 3.05) is 0 Å². The number of hydrogen-bond acceptors (Lipinski definition) is 5. The second kappa shape index (κ2) is 8.11. The number of aryl methyl sites for hydroxylation is 1. The second-order valence-corrected chi connectivity index (χ2v) is 7.94. The van der Waals surface area contributed by atoms with Crippen molar-refractivity contribution in [3.05, 3.63) is 85.3 Å². The summed E-state index contributed by atoms with van der Waals surface area (Å²) < 4.78 is 11.3. The van der Waals surface area contributed by atoms with Gasteiger partial charge in [0.25, 0.3) is 0 Å². The van der Waals surface area contributed by atoms with Crippen LogP contribution in [-0.2, 0) is 6.61 Å². The maximum atomic E-state index is 9.65. The van der Waals surface area contributed by atoms with Crippen LogP contribution in [0.25, 0.3) is 0 Å². The molecule has 3 N–H and O–H groups in total. The first-order valence-electron chi connectivity index (χ1n) is 8.87. The van der Waals surface area contributed by atoms with Gasteiger partial charge in [-0.2, -0.15) is 5.26 Å². The van der Waals surface area contributed by atoms with Crippen LogP contribution in [0.5, 0.6) is 11.6 Å². The molecule has 1 atom stereocenters. The van der Waals surface area contributed by atoms with Gasteiger partial charge in [0, 0.05) is 11.3 Å². The van der Waals surface area contributed by atoms with Crippen LogP contribution in [0.2, 0.25) is 15.1 Å². The molecule has 0 spiro atoms. The van der Waals surface area contributed by atoms with Gasteiger partial charge in [0.15, 0.2) is 0 Å². The summed E-state index contributed by atoms with van der Waals surface area (Å²) in [5.74, 6) is 0.430. The smallest absolute Gasteiger partial charge is 0.244 e. The van der Waals surface area contributed by atoms with E-state index in [0.717, 1.165) is 22.4 Å². The van der Waals surface area contributed by atoms with Crippen molar-refractivity contribution in [2.45, 2.75) is 19.4 Å². The number of hydrogen-bond donors (Lipinski definition) is 2. The highest BCUT2D eigenvalue weighted by Crippen LogP contribution is 2.44. The van der Waals surface area contributed by atoms with E-state index in [1.54, 1.807) is 24.3 Å². The Morgan fingerprint density at radius 3 is 2.67 bits per heavy atom. The lowest BCUT2D eigenvalue weighted by molar-refractivity contribution is 0.306. The molecule has 6 nitrogen and oxygen atoms in total. The normalized spacial score (nSPS) is 15.4. The highest BCUT2D eigenvalue weighted by molar-refractivity contribution is 6.42. The number of rotatable bonds is 4. The van der Waals surface area contributed by atoms with Crippen LogP contribution in [-0.4, -0.2) is 10.2 Å². The Balaban J connectivity index is 1.63. The summed E-state index contributed by atoms with van der Waals surface area (Å²) in [6, 6.07) is 12.8.